The van der Waals surface area contributed by atoms with E-state index in [-0.39, 0.29) is 5.82 Å². The summed E-state index contributed by atoms with van der Waals surface area (Å²) in [5, 5.41) is 0. The molecular weight excluding hydrogens is 207 g/mol. The van der Waals surface area contributed by atoms with Gasteiger partial charge in [0.1, 0.15) is 5.78 Å². The third kappa shape index (κ3) is 2.81. The summed E-state index contributed by atoms with van der Waals surface area (Å²) in [6, 6.07) is 6.41. The second-order valence-electron chi connectivity index (χ2n) is 4.22. The second kappa shape index (κ2) is 5.10. The smallest absolute Gasteiger partial charge is 0.165 e. The Morgan fingerprint density at radius 2 is 1.94 bits per heavy atom. The van der Waals surface area contributed by atoms with Crippen LogP contribution in [0.15, 0.2) is 24.3 Å². The van der Waals surface area contributed by atoms with Crippen molar-refractivity contribution in [1.29, 1.82) is 0 Å². The van der Waals surface area contributed by atoms with E-state index in [4.69, 9.17) is 4.74 Å². The minimum absolute atomic E-state index is 0.305. The molecule has 0 saturated heterocycles. The molecule has 1 aliphatic rings. The molecule has 0 aromatic heterocycles. The fourth-order valence-electron chi connectivity index (χ4n) is 1.94. The van der Waals surface area contributed by atoms with Gasteiger partial charge in [-0.3, -0.25) is 4.79 Å². The number of carbonyl (C=O) groups is 1. The van der Waals surface area contributed by atoms with Gasteiger partial charge in [0.05, 0.1) is 6.61 Å². The molecule has 1 aromatic rings. The molecule has 16 heavy (non-hydrogen) atoms. The molecule has 1 aliphatic carbocycles. The zero-order valence-electron chi connectivity index (χ0n) is 9.12. The number of rotatable bonds is 3. The monoisotopic (exact) mass is 222 g/mol. The van der Waals surface area contributed by atoms with E-state index in [0.29, 0.717) is 36.9 Å². The Morgan fingerprint density at radius 3 is 2.62 bits per heavy atom. The Kier molecular flexibility index (Phi) is 3.54. The quantitative estimate of drug-likeness (QED) is 0.786. The van der Waals surface area contributed by atoms with Crippen LogP contribution in [0.5, 0.6) is 5.75 Å². The second-order valence-corrected chi connectivity index (χ2v) is 4.22. The lowest BCUT2D eigenvalue weighted by atomic mass is 9.89. The van der Waals surface area contributed by atoms with Gasteiger partial charge in [0.25, 0.3) is 0 Å². The largest absolute Gasteiger partial charge is 0.490 e. The van der Waals surface area contributed by atoms with E-state index in [2.05, 4.69) is 0 Å². The topological polar surface area (TPSA) is 26.3 Å². The SMILES string of the molecule is O=C1CCC(COc2ccccc2F)CC1. The van der Waals surface area contributed by atoms with Gasteiger partial charge in [-0.1, -0.05) is 12.1 Å². The number of hydrogen-bond acceptors (Lipinski definition) is 2. The average Bonchev–Trinajstić information content (AvgIpc) is 2.30. The van der Waals surface area contributed by atoms with Crippen molar-refractivity contribution < 1.29 is 13.9 Å². The van der Waals surface area contributed by atoms with Gasteiger partial charge in [-0.05, 0) is 30.9 Å². The van der Waals surface area contributed by atoms with E-state index in [9.17, 15) is 9.18 Å². The lowest BCUT2D eigenvalue weighted by Gasteiger charge is -2.21. The van der Waals surface area contributed by atoms with Crippen LogP contribution in [0.1, 0.15) is 25.7 Å². The molecule has 0 spiro atoms. The number of hydrogen-bond donors (Lipinski definition) is 0. The number of ether oxygens (including phenoxy) is 1. The summed E-state index contributed by atoms with van der Waals surface area (Å²) in [6.45, 7) is 0.508. The van der Waals surface area contributed by atoms with Crippen LogP contribution in [0.4, 0.5) is 4.39 Å². The van der Waals surface area contributed by atoms with E-state index >= 15 is 0 Å². The third-order valence-corrected chi connectivity index (χ3v) is 2.97. The first-order valence-corrected chi connectivity index (χ1v) is 5.65. The maximum absolute atomic E-state index is 13.2. The van der Waals surface area contributed by atoms with Gasteiger partial charge >= 0.3 is 0 Å². The van der Waals surface area contributed by atoms with Crippen molar-refractivity contribution >= 4 is 5.78 Å². The summed E-state index contributed by atoms with van der Waals surface area (Å²) in [5.41, 5.74) is 0. The highest BCUT2D eigenvalue weighted by Gasteiger charge is 2.19. The summed E-state index contributed by atoms with van der Waals surface area (Å²) in [6.07, 6.45) is 3.02. The van der Waals surface area contributed by atoms with Crippen LogP contribution in [-0.4, -0.2) is 12.4 Å². The Morgan fingerprint density at radius 1 is 1.25 bits per heavy atom. The van der Waals surface area contributed by atoms with Crippen molar-refractivity contribution in [2.45, 2.75) is 25.7 Å². The van der Waals surface area contributed by atoms with Gasteiger partial charge in [0, 0.05) is 12.8 Å². The van der Waals surface area contributed by atoms with Crippen LogP contribution in [0, 0.1) is 11.7 Å². The van der Waals surface area contributed by atoms with E-state index < -0.39 is 0 Å². The first kappa shape index (κ1) is 11.1. The first-order valence-electron chi connectivity index (χ1n) is 5.65. The normalized spacial score (nSPS) is 17.4. The highest BCUT2D eigenvalue weighted by molar-refractivity contribution is 5.79. The Hall–Kier alpha value is -1.38. The van der Waals surface area contributed by atoms with Crippen LogP contribution < -0.4 is 4.74 Å². The Labute approximate surface area is 94.4 Å². The molecule has 0 unspecified atom stereocenters. The van der Waals surface area contributed by atoms with Crippen LogP contribution in [0.25, 0.3) is 0 Å². The zero-order valence-corrected chi connectivity index (χ0v) is 9.12. The first-order chi connectivity index (χ1) is 7.75. The van der Waals surface area contributed by atoms with E-state index in [0.717, 1.165) is 12.8 Å². The van der Waals surface area contributed by atoms with Crippen LogP contribution in [0.3, 0.4) is 0 Å². The van der Waals surface area contributed by atoms with Gasteiger partial charge in [0.15, 0.2) is 11.6 Å². The molecule has 3 heteroatoms. The summed E-state index contributed by atoms with van der Waals surface area (Å²) >= 11 is 0. The lowest BCUT2D eigenvalue weighted by molar-refractivity contribution is -0.121. The number of benzene rings is 1. The maximum Gasteiger partial charge on any atom is 0.165 e. The van der Waals surface area contributed by atoms with Crippen LogP contribution >= 0.6 is 0 Å². The molecule has 0 amide bonds. The molecule has 0 aliphatic heterocycles. The molecule has 0 heterocycles. The summed E-state index contributed by atoms with van der Waals surface area (Å²) in [5.74, 6) is 0.702. The van der Waals surface area contributed by atoms with Gasteiger partial charge in [-0.15, -0.1) is 0 Å². The molecule has 1 saturated carbocycles. The average molecular weight is 222 g/mol. The van der Waals surface area contributed by atoms with E-state index in [1.807, 2.05) is 0 Å². The van der Waals surface area contributed by atoms with Gasteiger partial charge in [0.2, 0.25) is 0 Å². The fraction of sp³-hybridized carbons (Fsp3) is 0.462. The van der Waals surface area contributed by atoms with Crippen molar-refractivity contribution in [3.05, 3.63) is 30.1 Å². The Bertz CT molecular complexity index is 366. The number of para-hydroxylation sites is 1. The fourth-order valence-corrected chi connectivity index (χ4v) is 1.94. The number of halogens is 1. The van der Waals surface area contributed by atoms with E-state index in [1.54, 1.807) is 18.2 Å². The molecule has 2 nitrogen and oxygen atoms in total. The molecule has 1 aromatic carbocycles. The summed E-state index contributed by atoms with van der Waals surface area (Å²) in [4.78, 5) is 11.0. The minimum atomic E-state index is -0.325. The van der Waals surface area contributed by atoms with Crippen molar-refractivity contribution in [2.75, 3.05) is 6.61 Å². The molecule has 0 bridgehead atoms. The third-order valence-electron chi connectivity index (χ3n) is 2.97. The van der Waals surface area contributed by atoms with Crippen molar-refractivity contribution in [1.82, 2.24) is 0 Å². The summed E-state index contributed by atoms with van der Waals surface area (Å²) in [7, 11) is 0. The molecular formula is C13H15FO2. The number of ketones is 1. The maximum atomic E-state index is 13.2. The van der Waals surface area contributed by atoms with Crippen LogP contribution in [-0.2, 0) is 4.79 Å². The molecule has 1 fully saturated rings. The molecule has 2 rings (SSSR count). The molecule has 86 valence electrons. The molecule has 0 radical (unpaired) electrons. The van der Waals surface area contributed by atoms with Crippen molar-refractivity contribution in [3.63, 3.8) is 0 Å². The minimum Gasteiger partial charge on any atom is -0.490 e. The predicted octanol–water partition coefficient (Wildman–Crippen LogP) is 2.96. The number of carbonyl (C=O) groups excluding carboxylic acids is 1. The molecule has 0 atom stereocenters. The van der Waals surface area contributed by atoms with Gasteiger partial charge in [-0.25, -0.2) is 4.39 Å². The standard InChI is InChI=1S/C13H15FO2/c14-12-3-1-2-4-13(12)16-9-10-5-7-11(15)8-6-10/h1-4,10H,5-9H2. The zero-order chi connectivity index (χ0) is 11.4. The van der Waals surface area contributed by atoms with Crippen LogP contribution in [0.2, 0.25) is 0 Å². The van der Waals surface area contributed by atoms with Crippen molar-refractivity contribution in [3.8, 4) is 5.75 Å². The van der Waals surface area contributed by atoms with Gasteiger partial charge < -0.3 is 4.74 Å². The Balaban J connectivity index is 1.84. The predicted molar refractivity (Wildman–Crippen MR) is 58.9 cm³/mol. The lowest BCUT2D eigenvalue weighted by Crippen LogP contribution is -2.20. The van der Waals surface area contributed by atoms with Gasteiger partial charge in [-0.2, -0.15) is 0 Å². The highest BCUT2D eigenvalue weighted by atomic mass is 19.1. The number of Topliss-reactive ketones (excluding diaryl/α,β-unsaturated/α-hetero) is 1. The summed E-state index contributed by atoms with van der Waals surface area (Å²) < 4.78 is 18.7. The van der Waals surface area contributed by atoms with Crippen molar-refractivity contribution in [2.24, 2.45) is 5.92 Å². The highest BCUT2D eigenvalue weighted by Crippen LogP contribution is 2.23. The van der Waals surface area contributed by atoms with E-state index in [1.165, 1.54) is 6.07 Å². The molecule has 0 N–H and O–H groups in total.